The van der Waals surface area contributed by atoms with Crippen LogP contribution in [-0.2, 0) is 19.6 Å². The minimum absolute atomic E-state index is 0.807. The third-order valence-corrected chi connectivity index (χ3v) is 5.85. The molecule has 1 aliphatic carbocycles. The van der Waals surface area contributed by atoms with Crippen LogP contribution in [0.2, 0.25) is 0 Å². The number of hydrogen-bond acceptors (Lipinski definition) is 4. The fraction of sp³-hybridized carbons (Fsp3) is 0.529. The molecule has 0 spiro atoms. The van der Waals surface area contributed by atoms with Crippen molar-refractivity contribution in [1.82, 2.24) is 10.2 Å². The predicted octanol–water partition coefficient (Wildman–Crippen LogP) is 4.39. The van der Waals surface area contributed by atoms with Crippen LogP contribution in [0.1, 0.15) is 40.6 Å². The Bertz CT molecular complexity index is 555. The molecule has 0 bridgehead atoms. The molecule has 1 saturated carbocycles. The fourth-order valence-electron chi connectivity index (χ4n) is 2.67. The number of rotatable bonds is 8. The molecule has 2 aromatic heterocycles. The monoisotopic (exact) mass is 320 g/mol. The summed E-state index contributed by atoms with van der Waals surface area (Å²) in [5.41, 5.74) is 2.99. The van der Waals surface area contributed by atoms with Crippen LogP contribution in [0.25, 0.3) is 0 Å². The van der Waals surface area contributed by atoms with Gasteiger partial charge in [0.15, 0.2) is 0 Å². The van der Waals surface area contributed by atoms with Crippen LogP contribution in [0.5, 0.6) is 0 Å². The molecular weight excluding hydrogens is 296 g/mol. The SMILES string of the molecule is CCNCc1cc(CN(Cc2ccsc2)C2CC2)c(C)s1. The first-order chi connectivity index (χ1) is 10.3. The molecule has 2 nitrogen and oxygen atoms in total. The van der Waals surface area contributed by atoms with Crippen molar-refractivity contribution in [3.63, 3.8) is 0 Å². The molecular formula is C17H24N2S2. The molecule has 3 rings (SSSR count). The zero-order chi connectivity index (χ0) is 14.7. The Kier molecular flexibility index (Phi) is 5.11. The van der Waals surface area contributed by atoms with Crippen LogP contribution >= 0.6 is 22.7 Å². The van der Waals surface area contributed by atoms with Crippen LogP contribution in [0, 0.1) is 6.92 Å². The lowest BCUT2D eigenvalue weighted by atomic mass is 10.2. The topological polar surface area (TPSA) is 15.3 Å². The Hall–Kier alpha value is -0.680. The van der Waals surface area contributed by atoms with Crippen molar-refractivity contribution in [2.75, 3.05) is 6.54 Å². The van der Waals surface area contributed by atoms with Crippen LogP contribution < -0.4 is 5.32 Å². The third kappa shape index (κ3) is 4.16. The maximum absolute atomic E-state index is 3.43. The van der Waals surface area contributed by atoms with E-state index in [1.54, 1.807) is 11.3 Å². The molecule has 1 N–H and O–H groups in total. The maximum Gasteiger partial charge on any atom is 0.0299 e. The van der Waals surface area contributed by atoms with E-state index < -0.39 is 0 Å². The van der Waals surface area contributed by atoms with Crippen molar-refractivity contribution in [2.45, 2.75) is 52.4 Å². The van der Waals surface area contributed by atoms with Crippen LogP contribution in [-0.4, -0.2) is 17.5 Å². The molecule has 21 heavy (non-hydrogen) atoms. The summed E-state index contributed by atoms with van der Waals surface area (Å²) >= 11 is 3.75. The smallest absolute Gasteiger partial charge is 0.0299 e. The molecule has 0 saturated heterocycles. The summed E-state index contributed by atoms with van der Waals surface area (Å²) in [4.78, 5) is 5.61. The van der Waals surface area contributed by atoms with Crippen LogP contribution in [0.15, 0.2) is 22.9 Å². The van der Waals surface area contributed by atoms with Crippen molar-refractivity contribution in [3.05, 3.63) is 43.8 Å². The molecule has 2 aromatic rings. The summed E-state index contributed by atoms with van der Waals surface area (Å²) in [5, 5.41) is 7.90. The fourth-order valence-corrected chi connectivity index (χ4v) is 4.35. The second-order valence-electron chi connectivity index (χ2n) is 5.84. The van der Waals surface area contributed by atoms with E-state index in [0.717, 1.165) is 32.2 Å². The first kappa shape index (κ1) is 15.2. The van der Waals surface area contributed by atoms with E-state index in [1.165, 1.54) is 33.7 Å². The minimum atomic E-state index is 0.807. The van der Waals surface area contributed by atoms with E-state index in [9.17, 15) is 0 Å². The molecule has 4 heteroatoms. The molecule has 1 aliphatic rings. The highest BCUT2D eigenvalue weighted by atomic mass is 32.1. The van der Waals surface area contributed by atoms with Gasteiger partial charge in [-0.15, -0.1) is 11.3 Å². The zero-order valence-corrected chi connectivity index (χ0v) is 14.5. The lowest BCUT2D eigenvalue weighted by Gasteiger charge is -2.21. The van der Waals surface area contributed by atoms with Gasteiger partial charge in [-0.25, -0.2) is 0 Å². The van der Waals surface area contributed by atoms with Gasteiger partial charge in [-0.2, -0.15) is 11.3 Å². The number of nitrogens with zero attached hydrogens (tertiary/aromatic N) is 1. The Balaban J connectivity index is 1.66. The van der Waals surface area contributed by atoms with Gasteiger partial charge in [-0.05, 0) is 60.3 Å². The molecule has 2 heterocycles. The quantitative estimate of drug-likeness (QED) is 0.776. The second-order valence-corrected chi connectivity index (χ2v) is 7.96. The third-order valence-electron chi connectivity index (χ3n) is 4.02. The summed E-state index contributed by atoms with van der Waals surface area (Å²) in [7, 11) is 0. The zero-order valence-electron chi connectivity index (χ0n) is 12.9. The van der Waals surface area contributed by atoms with Crippen molar-refractivity contribution in [3.8, 4) is 0 Å². The van der Waals surface area contributed by atoms with Gasteiger partial charge >= 0.3 is 0 Å². The number of thiophene rings is 2. The number of aryl methyl sites for hydroxylation is 1. The summed E-state index contributed by atoms with van der Waals surface area (Å²) in [6.07, 6.45) is 2.75. The maximum atomic E-state index is 3.43. The Morgan fingerprint density at radius 2 is 2.19 bits per heavy atom. The van der Waals surface area contributed by atoms with E-state index in [4.69, 9.17) is 0 Å². The standard InChI is InChI=1S/C17H24N2S2/c1-3-18-9-17-8-15(13(2)21-17)11-19(16-4-5-16)10-14-6-7-20-12-14/h6-8,12,16,18H,3-5,9-11H2,1-2H3. The van der Waals surface area contributed by atoms with Gasteiger partial charge in [0.25, 0.3) is 0 Å². The summed E-state index contributed by atoms with van der Waals surface area (Å²) in [6, 6.07) is 5.48. The highest BCUT2D eigenvalue weighted by Gasteiger charge is 2.29. The van der Waals surface area contributed by atoms with Crippen molar-refractivity contribution < 1.29 is 0 Å². The molecule has 0 aromatic carbocycles. The lowest BCUT2D eigenvalue weighted by molar-refractivity contribution is 0.246. The first-order valence-electron chi connectivity index (χ1n) is 7.80. The van der Waals surface area contributed by atoms with Gasteiger partial charge in [0.1, 0.15) is 0 Å². The van der Waals surface area contributed by atoms with E-state index in [1.807, 2.05) is 11.3 Å². The van der Waals surface area contributed by atoms with Gasteiger partial charge in [0, 0.05) is 35.4 Å². The van der Waals surface area contributed by atoms with Crippen LogP contribution in [0.4, 0.5) is 0 Å². The summed E-state index contributed by atoms with van der Waals surface area (Å²) in [5.74, 6) is 0. The van der Waals surface area contributed by atoms with Gasteiger partial charge < -0.3 is 5.32 Å². The molecule has 114 valence electrons. The number of nitrogens with one attached hydrogen (secondary N) is 1. The Morgan fingerprint density at radius 1 is 1.33 bits per heavy atom. The predicted molar refractivity (Wildman–Crippen MR) is 93.0 cm³/mol. The minimum Gasteiger partial charge on any atom is -0.312 e. The number of hydrogen-bond donors (Lipinski definition) is 1. The molecule has 0 aliphatic heterocycles. The van der Waals surface area contributed by atoms with E-state index in [-0.39, 0.29) is 0 Å². The van der Waals surface area contributed by atoms with Crippen molar-refractivity contribution in [1.29, 1.82) is 0 Å². The van der Waals surface area contributed by atoms with E-state index in [0.29, 0.717) is 0 Å². The summed E-state index contributed by atoms with van der Waals surface area (Å²) in [6.45, 7) is 8.69. The van der Waals surface area contributed by atoms with Crippen LogP contribution in [0.3, 0.4) is 0 Å². The average Bonchev–Trinajstić information content (AvgIpc) is 3.09. The molecule has 0 atom stereocenters. The highest BCUT2D eigenvalue weighted by molar-refractivity contribution is 7.12. The molecule has 1 fully saturated rings. The highest BCUT2D eigenvalue weighted by Crippen LogP contribution is 2.32. The van der Waals surface area contributed by atoms with Gasteiger partial charge in [-0.1, -0.05) is 6.92 Å². The van der Waals surface area contributed by atoms with Gasteiger partial charge in [0.2, 0.25) is 0 Å². The Morgan fingerprint density at radius 3 is 2.86 bits per heavy atom. The second kappa shape index (κ2) is 7.05. The largest absolute Gasteiger partial charge is 0.312 e. The lowest BCUT2D eigenvalue weighted by Crippen LogP contribution is -2.24. The normalized spacial score (nSPS) is 15.0. The van der Waals surface area contributed by atoms with E-state index >= 15 is 0 Å². The van der Waals surface area contributed by atoms with E-state index in [2.05, 4.69) is 47.0 Å². The molecule has 0 amide bonds. The van der Waals surface area contributed by atoms with Gasteiger partial charge in [-0.3, -0.25) is 4.90 Å². The Labute approximate surface area is 135 Å². The van der Waals surface area contributed by atoms with Crippen molar-refractivity contribution in [2.24, 2.45) is 0 Å². The van der Waals surface area contributed by atoms with Gasteiger partial charge in [0.05, 0.1) is 0 Å². The summed E-state index contributed by atoms with van der Waals surface area (Å²) < 4.78 is 0. The molecule has 0 radical (unpaired) electrons. The van der Waals surface area contributed by atoms with Crippen molar-refractivity contribution >= 4 is 22.7 Å². The molecule has 0 unspecified atom stereocenters. The first-order valence-corrected chi connectivity index (χ1v) is 9.56. The average molecular weight is 321 g/mol.